The summed E-state index contributed by atoms with van der Waals surface area (Å²) < 4.78 is 0. The molecule has 0 saturated heterocycles. The van der Waals surface area contributed by atoms with Crippen molar-refractivity contribution in [3.8, 4) is 0 Å². The third-order valence-electron chi connectivity index (χ3n) is 1.92. The number of carbonyl (C=O) groups is 2. The Balaban J connectivity index is 4.33. The minimum atomic E-state index is -0.443. The number of hydrogen-bond donors (Lipinski definition) is 2. The van der Waals surface area contributed by atoms with Gasteiger partial charge in [-0.25, -0.2) is 0 Å². The second-order valence-electron chi connectivity index (χ2n) is 2.86. The molecule has 0 aromatic heterocycles. The molecule has 0 aromatic carbocycles. The van der Waals surface area contributed by atoms with E-state index in [-0.39, 0.29) is 6.54 Å². The number of hydrogen-bond acceptors (Lipinski definition) is 3. The zero-order chi connectivity index (χ0) is 10.4. The van der Waals surface area contributed by atoms with Crippen LogP contribution in [0.1, 0.15) is 20.3 Å². The van der Waals surface area contributed by atoms with Gasteiger partial charge < -0.3 is 11.5 Å². The van der Waals surface area contributed by atoms with Crippen LogP contribution < -0.4 is 11.5 Å². The van der Waals surface area contributed by atoms with E-state index in [2.05, 4.69) is 0 Å². The molecular formula is C8H17N3O2. The maximum absolute atomic E-state index is 10.9. The van der Waals surface area contributed by atoms with Gasteiger partial charge in [0.25, 0.3) is 0 Å². The molecule has 0 bridgehead atoms. The molecule has 0 saturated carbocycles. The summed E-state index contributed by atoms with van der Waals surface area (Å²) in [5.41, 5.74) is 10.2. The summed E-state index contributed by atoms with van der Waals surface area (Å²) in [6.45, 7) is 4.37. The van der Waals surface area contributed by atoms with E-state index < -0.39 is 17.9 Å². The van der Waals surface area contributed by atoms with Crippen molar-refractivity contribution < 1.29 is 9.59 Å². The lowest BCUT2D eigenvalue weighted by Gasteiger charge is -2.25. The second kappa shape index (κ2) is 5.53. The largest absolute Gasteiger partial charge is 0.369 e. The first-order valence-electron chi connectivity index (χ1n) is 4.34. The standard InChI is InChI=1S/C8H17N3O2/c1-3-6(8(10)13)11(4-2)5-7(9)12/h6H,3-5H2,1-2H3,(H2,9,12)(H2,10,13). The highest BCUT2D eigenvalue weighted by Gasteiger charge is 2.21. The van der Waals surface area contributed by atoms with E-state index in [0.29, 0.717) is 13.0 Å². The van der Waals surface area contributed by atoms with Gasteiger partial charge >= 0.3 is 0 Å². The van der Waals surface area contributed by atoms with Gasteiger partial charge in [-0.2, -0.15) is 0 Å². The van der Waals surface area contributed by atoms with Gasteiger partial charge in [0.2, 0.25) is 11.8 Å². The smallest absolute Gasteiger partial charge is 0.234 e. The molecule has 4 N–H and O–H groups in total. The van der Waals surface area contributed by atoms with E-state index in [9.17, 15) is 9.59 Å². The minimum Gasteiger partial charge on any atom is -0.369 e. The van der Waals surface area contributed by atoms with E-state index in [0.717, 1.165) is 0 Å². The van der Waals surface area contributed by atoms with Crippen molar-refractivity contribution in [2.45, 2.75) is 26.3 Å². The van der Waals surface area contributed by atoms with Crippen LogP contribution in [0.25, 0.3) is 0 Å². The van der Waals surface area contributed by atoms with Crippen LogP contribution in [0.3, 0.4) is 0 Å². The van der Waals surface area contributed by atoms with E-state index in [4.69, 9.17) is 11.5 Å². The van der Waals surface area contributed by atoms with Gasteiger partial charge in [-0.15, -0.1) is 0 Å². The average molecular weight is 187 g/mol. The molecule has 0 heterocycles. The summed E-state index contributed by atoms with van der Waals surface area (Å²) in [6.07, 6.45) is 0.594. The minimum absolute atomic E-state index is 0.0813. The topological polar surface area (TPSA) is 89.4 Å². The fourth-order valence-electron chi connectivity index (χ4n) is 1.28. The van der Waals surface area contributed by atoms with Gasteiger partial charge in [0.1, 0.15) is 0 Å². The Labute approximate surface area is 78.1 Å². The summed E-state index contributed by atoms with van der Waals surface area (Å²) in [5.74, 6) is -0.854. The van der Waals surface area contributed by atoms with Crippen LogP contribution in [0.4, 0.5) is 0 Å². The molecule has 0 aliphatic heterocycles. The summed E-state index contributed by atoms with van der Waals surface area (Å²) in [7, 11) is 0. The molecule has 0 aromatic rings. The summed E-state index contributed by atoms with van der Waals surface area (Å²) in [4.78, 5) is 23.3. The van der Waals surface area contributed by atoms with E-state index in [1.54, 1.807) is 4.90 Å². The molecule has 1 atom stereocenters. The predicted molar refractivity (Wildman–Crippen MR) is 49.7 cm³/mol. The quantitative estimate of drug-likeness (QED) is 0.562. The van der Waals surface area contributed by atoms with E-state index in [1.165, 1.54) is 0 Å². The van der Waals surface area contributed by atoms with Gasteiger partial charge in [0.05, 0.1) is 12.6 Å². The van der Waals surface area contributed by atoms with Crippen molar-refractivity contribution in [2.24, 2.45) is 11.5 Å². The van der Waals surface area contributed by atoms with Crippen LogP contribution >= 0.6 is 0 Å². The molecule has 5 heteroatoms. The summed E-state index contributed by atoms with van der Waals surface area (Å²) in [6, 6.07) is -0.391. The number of amides is 2. The zero-order valence-electron chi connectivity index (χ0n) is 8.12. The Kier molecular flexibility index (Phi) is 5.06. The Morgan fingerprint density at radius 1 is 1.31 bits per heavy atom. The number of nitrogens with zero attached hydrogens (tertiary/aromatic N) is 1. The maximum atomic E-state index is 10.9. The van der Waals surface area contributed by atoms with Crippen LogP contribution in [0.5, 0.6) is 0 Å². The Morgan fingerprint density at radius 2 is 1.85 bits per heavy atom. The van der Waals surface area contributed by atoms with Crippen LogP contribution in [0.2, 0.25) is 0 Å². The van der Waals surface area contributed by atoms with Gasteiger partial charge in [-0.05, 0) is 13.0 Å². The molecule has 0 radical (unpaired) electrons. The molecule has 76 valence electrons. The summed E-state index contributed by atoms with van der Waals surface area (Å²) >= 11 is 0. The van der Waals surface area contributed by atoms with Crippen molar-refractivity contribution in [3.05, 3.63) is 0 Å². The first-order chi connectivity index (χ1) is 6.02. The second-order valence-corrected chi connectivity index (χ2v) is 2.86. The fourth-order valence-corrected chi connectivity index (χ4v) is 1.28. The maximum Gasteiger partial charge on any atom is 0.234 e. The van der Waals surface area contributed by atoms with Crippen LogP contribution in [0, 0.1) is 0 Å². The van der Waals surface area contributed by atoms with Crippen molar-refractivity contribution >= 4 is 11.8 Å². The normalized spacial score (nSPS) is 12.8. The number of nitrogens with two attached hydrogens (primary N) is 2. The molecule has 0 fully saturated rings. The van der Waals surface area contributed by atoms with E-state index in [1.807, 2.05) is 13.8 Å². The highest BCUT2D eigenvalue weighted by Crippen LogP contribution is 2.02. The van der Waals surface area contributed by atoms with Crippen molar-refractivity contribution in [3.63, 3.8) is 0 Å². The third-order valence-corrected chi connectivity index (χ3v) is 1.92. The number of carbonyl (C=O) groups excluding carboxylic acids is 2. The highest BCUT2D eigenvalue weighted by molar-refractivity contribution is 5.81. The average Bonchev–Trinajstić information content (AvgIpc) is 2.02. The fraction of sp³-hybridized carbons (Fsp3) is 0.750. The molecule has 0 rings (SSSR count). The highest BCUT2D eigenvalue weighted by atomic mass is 16.2. The Bertz CT molecular complexity index is 194. The SMILES string of the molecule is CCC(C(N)=O)N(CC)CC(N)=O. The number of likely N-dealkylation sites (N-methyl/N-ethyl adjacent to an activating group) is 1. The van der Waals surface area contributed by atoms with Crippen molar-refractivity contribution in [1.82, 2.24) is 4.90 Å². The van der Waals surface area contributed by atoms with Crippen molar-refractivity contribution in [1.29, 1.82) is 0 Å². The van der Waals surface area contributed by atoms with Gasteiger partial charge in [0.15, 0.2) is 0 Å². The lowest BCUT2D eigenvalue weighted by Crippen LogP contribution is -2.47. The lowest BCUT2D eigenvalue weighted by molar-refractivity contribution is -0.125. The molecule has 2 amide bonds. The molecule has 0 spiro atoms. The van der Waals surface area contributed by atoms with Crippen LogP contribution in [-0.4, -0.2) is 35.8 Å². The van der Waals surface area contributed by atoms with Gasteiger partial charge in [-0.1, -0.05) is 13.8 Å². The third kappa shape index (κ3) is 3.89. The lowest BCUT2D eigenvalue weighted by atomic mass is 10.2. The molecular weight excluding hydrogens is 170 g/mol. The molecule has 13 heavy (non-hydrogen) atoms. The van der Waals surface area contributed by atoms with E-state index >= 15 is 0 Å². The summed E-state index contributed by atoms with van der Waals surface area (Å²) in [5, 5.41) is 0. The monoisotopic (exact) mass is 187 g/mol. The number of rotatable bonds is 6. The van der Waals surface area contributed by atoms with Crippen molar-refractivity contribution in [2.75, 3.05) is 13.1 Å². The van der Waals surface area contributed by atoms with Gasteiger partial charge in [-0.3, -0.25) is 14.5 Å². The van der Waals surface area contributed by atoms with Crippen LogP contribution in [0.15, 0.2) is 0 Å². The first-order valence-corrected chi connectivity index (χ1v) is 4.34. The van der Waals surface area contributed by atoms with Gasteiger partial charge in [0, 0.05) is 0 Å². The molecule has 0 aliphatic carbocycles. The molecule has 1 unspecified atom stereocenters. The number of primary amides is 2. The molecule has 0 aliphatic rings. The Hall–Kier alpha value is -1.10. The first kappa shape index (κ1) is 11.9. The van der Waals surface area contributed by atoms with Crippen LogP contribution in [-0.2, 0) is 9.59 Å². The predicted octanol–water partition coefficient (Wildman–Crippen LogP) is -0.942. The molecule has 5 nitrogen and oxygen atoms in total. The Morgan fingerprint density at radius 3 is 2.08 bits per heavy atom. The zero-order valence-corrected chi connectivity index (χ0v) is 8.12.